The highest BCUT2D eigenvalue weighted by Gasteiger charge is 2.51. The van der Waals surface area contributed by atoms with Crippen LogP contribution in [0.4, 0.5) is 0 Å². The van der Waals surface area contributed by atoms with Crippen molar-refractivity contribution in [3.63, 3.8) is 0 Å². The highest BCUT2D eigenvalue weighted by Crippen LogP contribution is 2.51. The van der Waals surface area contributed by atoms with Crippen LogP contribution in [0.1, 0.15) is 52.4 Å². The zero-order valence-corrected chi connectivity index (χ0v) is 11.3. The molecule has 0 aromatic heterocycles. The fourth-order valence-corrected chi connectivity index (χ4v) is 4.16. The van der Waals surface area contributed by atoms with Crippen molar-refractivity contribution in [3.05, 3.63) is 0 Å². The van der Waals surface area contributed by atoms with Crippen LogP contribution in [-0.2, 0) is 0 Å². The first-order valence-electron chi connectivity index (χ1n) is 7.45. The highest BCUT2D eigenvalue weighted by atomic mass is 15.2. The van der Waals surface area contributed by atoms with Gasteiger partial charge in [-0.25, -0.2) is 0 Å². The number of hydrogen-bond acceptors (Lipinski definition) is 1. The third kappa shape index (κ3) is 2.25. The Morgan fingerprint density at radius 3 is 2.53 bits per heavy atom. The summed E-state index contributed by atoms with van der Waals surface area (Å²) in [5.41, 5.74) is 0. The maximum absolute atomic E-state index is 3.26. The molecule has 1 aliphatic heterocycles. The van der Waals surface area contributed by atoms with E-state index in [0.29, 0.717) is 0 Å². The normalized spacial score (nSPS) is 44.9. The number of fused-ring (bicyclic) bond motifs is 1. The summed E-state index contributed by atoms with van der Waals surface area (Å²) in [6.45, 7) is 5.84. The van der Waals surface area contributed by atoms with Crippen molar-refractivity contribution in [2.45, 2.75) is 64.5 Å². The number of likely N-dealkylation sites (tertiary alicyclic amines) is 1. The first kappa shape index (κ1) is 11.6. The van der Waals surface area contributed by atoms with E-state index in [2.05, 4.69) is 23.7 Å². The summed E-state index contributed by atoms with van der Waals surface area (Å²) in [5, 5.41) is 0. The molecule has 17 heavy (non-hydrogen) atoms. The Morgan fingerprint density at radius 2 is 1.94 bits per heavy atom. The van der Waals surface area contributed by atoms with E-state index in [9.17, 15) is 0 Å². The van der Waals surface area contributed by atoms with E-state index in [-0.39, 0.29) is 0 Å². The number of piperidine rings is 1. The van der Waals surface area contributed by atoms with Gasteiger partial charge in [-0.1, -0.05) is 0 Å². The second-order valence-corrected chi connectivity index (χ2v) is 6.40. The molecule has 0 bridgehead atoms. The van der Waals surface area contributed by atoms with Crippen LogP contribution >= 0.6 is 0 Å². The lowest BCUT2D eigenvalue weighted by atomic mass is 9.83. The lowest BCUT2D eigenvalue weighted by molar-refractivity contribution is 0.114. The molecule has 1 nitrogen and oxygen atoms in total. The minimum absolute atomic E-state index is 0.886. The van der Waals surface area contributed by atoms with Gasteiger partial charge >= 0.3 is 0 Å². The molecular weight excluding hydrogens is 206 g/mol. The fraction of sp³-hybridized carbons (Fsp3) is 0.875. The van der Waals surface area contributed by atoms with Crippen LogP contribution in [0.3, 0.4) is 0 Å². The third-order valence-corrected chi connectivity index (χ3v) is 5.42. The summed E-state index contributed by atoms with van der Waals surface area (Å²) in [5.74, 6) is 9.34. The van der Waals surface area contributed by atoms with Crippen LogP contribution in [0, 0.1) is 29.6 Å². The lowest BCUT2D eigenvalue weighted by Gasteiger charge is -2.38. The van der Waals surface area contributed by atoms with Crippen molar-refractivity contribution >= 4 is 0 Å². The molecule has 2 saturated carbocycles. The first-order chi connectivity index (χ1) is 8.29. The van der Waals surface area contributed by atoms with Gasteiger partial charge in [0.1, 0.15) is 0 Å². The zero-order chi connectivity index (χ0) is 11.8. The first-order valence-corrected chi connectivity index (χ1v) is 7.45. The molecule has 3 atom stereocenters. The quantitative estimate of drug-likeness (QED) is 0.659. The number of nitrogens with zero attached hydrogens (tertiary/aromatic N) is 1. The molecule has 3 fully saturated rings. The summed E-state index contributed by atoms with van der Waals surface area (Å²) < 4.78 is 0. The predicted molar refractivity (Wildman–Crippen MR) is 71.6 cm³/mol. The van der Waals surface area contributed by atoms with Gasteiger partial charge in [0.2, 0.25) is 0 Å². The van der Waals surface area contributed by atoms with E-state index in [1.54, 1.807) is 0 Å². The van der Waals surface area contributed by atoms with Crippen molar-refractivity contribution in [2.75, 3.05) is 6.54 Å². The van der Waals surface area contributed by atoms with Crippen molar-refractivity contribution < 1.29 is 0 Å². The monoisotopic (exact) mass is 231 g/mol. The van der Waals surface area contributed by atoms with Gasteiger partial charge in [0.05, 0.1) is 0 Å². The van der Waals surface area contributed by atoms with E-state index < -0.39 is 0 Å². The van der Waals surface area contributed by atoms with Crippen molar-refractivity contribution in [2.24, 2.45) is 17.8 Å². The second-order valence-electron chi connectivity index (χ2n) is 6.40. The van der Waals surface area contributed by atoms with Crippen LogP contribution in [0.2, 0.25) is 0 Å². The van der Waals surface area contributed by atoms with Crippen LogP contribution < -0.4 is 0 Å². The summed E-state index contributed by atoms with van der Waals surface area (Å²) in [6.07, 6.45) is 8.36. The molecule has 1 heterocycles. The van der Waals surface area contributed by atoms with Gasteiger partial charge in [-0.05, 0) is 63.7 Å². The van der Waals surface area contributed by atoms with Gasteiger partial charge in [0.25, 0.3) is 0 Å². The molecule has 0 radical (unpaired) electrons. The van der Waals surface area contributed by atoms with Crippen LogP contribution in [-0.4, -0.2) is 23.5 Å². The topological polar surface area (TPSA) is 3.24 Å². The van der Waals surface area contributed by atoms with Crippen LogP contribution in [0.25, 0.3) is 0 Å². The maximum atomic E-state index is 3.26. The zero-order valence-electron chi connectivity index (χ0n) is 11.3. The second kappa shape index (κ2) is 4.65. The van der Waals surface area contributed by atoms with E-state index >= 15 is 0 Å². The van der Waals surface area contributed by atoms with Crippen molar-refractivity contribution in [1.29, 1.82) is 0 Å². The Balaban J connectivity index is 1.49. The summed E-state index contributed by atoms with van der Waals surface area (Å²) in [7, 11) is 0. The van der Waals surface area contributed by atoms with Crippen LogP contribution in [0.5, 0.6) is 0 Å². The Labute approximate surface area is 106 Å². The Morgan fingerprint density at radius 1 is 1.18 bits per heavy atom. The van der Waals surface area contributed by atoms with E-state index in [0.717, 1.165) is 36.3 Å². The molecule has 2 aliphatic carbocycles. The van der Waals surface area contributed by atoms with E-state index in [1.807, 2.05) is 6.92 Å². The average molecular weight is 231 g/mol. The van der Waals surface area contributed by atoms with Crippen molar-refractivity contribution in [3.8, 4) is 11.8 Å². The molecule has 0 N–H and O–H groups in total. The molecular formula is C16H25N. The number of hydrogen-bond donors (Lipinski definition) is 0. The molecule has 94 valence electrons. The summed E-state index contributed by atoms with van der Waals surface area (Å²) in [4.78, 5) is 2.83. The molecule has 0 amide bonds. The average Bonchev–Trinajstić information content (AvgIpc) is 3.06. The Hall–Kier alpha value is -0.480. The highest BCUT2D eigenvalue weighted by molar-refractivity contribution is 5.05. The molecule has 1 heteroatoms. The van der Waals surface area contributed by atoms with Gasteiger partial charge in [0, 0.05) is 25.0 Å². The summed E-state index contributed by atoms with van der Waals surface area (Å²) >= 11 is 0. The van der Waals surface area contributed by atoms with Crippen LogP contribution in [0.15, 0.2) is 0 Å². The molecule has 3 aliphatic rings. The largest absolute Gasteiger partial charge is 0.297 e. The summed E-state index contributed by atoms with van der Waals surface area (Å²) in [6, 6.07) is 1.79. The molecule has 0 aromatic rings. The maximum Gasteiger partial charge on any atom is 0.0117 e. The molecule has 0 aromatic carbocycles. The standard InChI is InChI=1S/C16H25N/c1-3-4-5-13-6-8-15(9-7-13)17-11-14-10-16(14)12(17)2/h12-16H,5-11H2,1-2H3/t12?,13?,14-,15?,16+/m0/s1. The Bertz CT molecular complexity index is 329. The molecule has 0 spiro atoms. The SMILES string of the molecule is CC#CCC1CCC(N2C[C@@H]3C[C@@H]3C2C)CC1. The van der Waals surface area contributed by atoms with Gasteiger partial charge < -0.3 is 0 Å². The lowest BCUT2D eigenvalue weighted by Crippen LogP contribution is -2.42. The van der Waals surface area contributed by atoms with Gasteiger partial charge in [0.15, 0.2) is 0 Å². The smallest absolute Gasteiger partial charge is 0.0117 e. The van der Waals surface area contributed by atoms with Gasteiger partial charge in [-0.3, -0.25) is 4.90 Å². The minimum atomic E-state index is 0.886. The van der Waals surface area contributed by atoms with E-state index in [4.69, 9.17) is 0 Å². The van der Waals surface area contributed by atoms with Gasteiger partial charge in [-0.2, -0.15) is 0 Å². The molecule has 1 saturated heterocycles. The molecule has 1 unspecified atom stereocenters. The predicted octanol–water partition coefficient (Wildman–Crippen LogP) is 3.30. The van der Waals surface area contributed by atoms with Gasteiger partial charge in [-0.15, -0.1) is 11.8 Å². The third-order valence-electron chi connectivity index (χ3n) is 5.42. The fourth-order valence-electron chi connectivity index (χ4n) is 4.16. The van der Waals surface area contributed by atoms with Crippen molar-refractivity contribution in [1.82, 2.24) is 4.90 Å². The molecule has 3 rings (SSSR count). The minimum Gasteiger partial charge on any atom is -0.297 e. The Kier molecular flexibility index (Phi) is 3.17. The van der Waals surface area contributed by atoms with E-state index in [1.165, 1.54) is 38.6 Å². The number of rotatable bonds is 2.